The molecule has 2 fully saturated rings. The third-order valence-corrected chi connectivity index (χ3v) is 7.18. The minimum absolute atomic E-state index is 0.0254. The Morgan fingerprint density at radius 1 is 0.889 bits per heavy atom. The number of carboxylic acid groups (broad SMARTS) is 1. The molecule has 258 valence electrons. The van der Waals surface area contributed by atoms with Crippen LogP contribution in [0.3, 0.4) is 0 Å². The Labute approximate surface area is 263 Å². The maximum Gasteiger partial charge on any atom is 0.313 e. The molecule has 2 saturated heterocycles. The molecule has 9 nitrogen and oxygen atoms in total. The minimum Gasteiger partial charge on any atom is -0.545 e. The van der Waals surface area contributed by atoms with Gasteiger partial charge in [-0.3, -0.25) is 14.5 Å². The van der Waals surface area contributed by atoms with Crippen molar-refractivity contribution in [3.05, 3.63) is 35.9 Å². The molecule has 45 heavy (non-hydrogen) atoms. The molecule has 2 aliphatic rings. The predicted octanol–water partition coefficient (Wildman–Crippen LogP) is 4.91. The van der Waals surface area contributed by atoms with Crippen molar-refractivity contribution in [1.82, 2.24) is 4.90 Å². The van der Waals surface area contributed by atoms with Gasteiger partial charge in [0.15, 0.2) is 0 Å². The van der Waals surface area contributed by atoms with E-state index in [1.54, 1.807) is 18.2 Å². The Bertz CT molecular complexity index is 950. The Hall–Kier alpha value is -2.77. The van der Waals surface area contributed by atoms with Gasteiger partial charge in [0.1, 0.15) is 0 Å². The van der Waals surface area contributed by atoms with E-state index in [2.05, 4.69) is 11.7 Å². The molecule has 0 atom stereocenters. The van der Waals surface area contributed by atoms with Crippen LogP contribution in [0.25, 0.3) is 0 Å². The van der Waals surface area contributed by atoms with Crippen LogP contribution in [-0.4, -0.2) is 93.9 Å². The van der Waals surface area contributed by atoms with Crippen LogP contribution in [0.1, 0.15) is 82.0 Å². The number of alkyl halides is 4. The third kappa shape index (κ3) is 19.4. The topological polar surface area (TPSA) is 114 Å². The van der Waals surface area contributed by atoms with E-state index in [4.69, 9.17) is 14.2 Å². The molecule has 0 amide bonds. The van der Waals surface area contributed by atoms with E-state index < -0.39 is 36.8 Å². The molecular weight excluding hydrogens is 602 g/mol. The molecule has 0 saturated carbocycles. The number of aromatic carboxylic acids is 1. The maximum atomic E-state index is 12.9. The Morgan fingerprint density at radius 2 is 1.47 bits per heavy atom. The lowest BCUT2D eigenvalue weighted by Crippen LogP contribution is -2.39. The van der Waals surface area contributed by atoms with Gasteiger partial charge in [-0.05, 0) is 37.2 Å². The molecule has 0 bridgehead atoms. The average Bonchev–Trinajstić information content (AvgIpc) is 3.02. The highest BCUT2D eigenvalue weighted by Gasteiger charge is 2.51. The summed E-state index contributed by atoms with van der Waals surface area (Å²) in [7, 11) is 0. The molecule has 3 rings (SSSR count). The second-order valence-corrected chi connectivity index (χ2v) is 10.9. The van der Waals surface area contributed by atoms with Crippen molar-refractivity contribution in [3.8, 4) is 0 Å². The fourth-order valence-corrected chi connectivity index (χ4v) is 4.20. The lowest BCUT2D eigenvalue weighted by atomic mass is 9.95. The number of esters is 2. The van der Waals surface area contributed by atoms with Gasteiger partial charge in [-0.15, -0.1) is 0 Å². The van der Waals surface area contributed by atoms with Crippen LogP contribution in [-0.2, 0) is 28.5 Å². The van der Waals surface area contributed by atoms with Crippen LogP contribution in [0.5, 0.6) is 0 Å². The Morgan fingerprint density at radius 3 is 2.02 bits per heavy atom. The van der Waals surface area contributed by atoms with Crippen molar-refractivity contribution in [2.24, 2.45) is 5.92 Å². The summed E-state index contributed by atoms with van der Waals surface area (Å²) in [6, 6.07) is 8.06. The summed E-state index contributed by atoms with van der Waals surface area (Å²) in [4.78, 5) is 34.8. The molecule has 0 aromatic heterocycles. The van der Waals surface area contributed by atoms with Crippen LogP contribution < -0.4 is 5.11 Å². The van der Waals surface area contributed by atoms with Crippen molar-refractivity contribution in [2.75, 3.05) is 59.3 Å². The minimum atomic E-state index is -4.17. The maximum absolute atomic E-state index is 12.9. The quantitative estimate of drug-likeness (QED) is 0.148. The van der Waals surface area contributed by atoms with Crippen LogP contribution in [0.15, 0.2) is 30.3 Å². The summed E-state index contributed by atoms with van der Waals surface area (Å²) in [5.41, 5.74) is 0.220. The van der Waals surface area contributed by atoms with Gasteiger partial charge in [0, 0.05) is 46.2 Å². The van der Waals surface area contributed by atoms with Gasteiger partial charge in [0.05, 0.1) is 45.2 Å². The Kier molecular flexibility index (Phi) is 20.3. The zero-order chi connectivity index (χ0) is 33.6. The van der Waals surface area contributed by atoms with Crippen molar-refractivity contribution in [3.63, 3.8) is 0 Å². The first-order valence-corrected chi connectivity index (χ1v) is 15.6. The number of rotatable bonds is 15. The van der Waals surface area contributed by atoms with Gasteiger partial charge < -0.3 is 28.8 Å². The van der Waals surface area contributed by atoms with Crippen molar-refractivity contribution < 1.29 is 56.0 Å². The molecule has 2 aliphatic heterocycles. The molecule has 0 N–H and O–H groups in total. The average molecular weight is 651 g/mol. The van der Waals surface area contributed by atoms with Crippen LogP contribution >= 0.6 is 0 Å². The first-order chi connectivity index (χ1) is 21.4. The first kappa shape index (κ1) is 40.3. The molecule has 0 spiro atoms. The van der Waals surface area contributed by atoms with Crippen LogP contribution in [0.2, 0.25) is 0 Å². The lowest BCUT2D eigenvalue weighted by Gasteiger charge is -2.26. The molecule has 0 radical (unpaired) electrons. The summed E-state index contributed by atoms with van der Waals surface area (Å²) < 4.78 is 70.9. The van der Waals surface area contributed by atoms with E-state index in [9.17, 15) is 37.1 Å². The van der Waals surface area contributed by atoms with E-state index >= 15 is 0 Å². The number of unbranched alkanes of at least 4 members (excludes halogenated alkanes) is 2. The normalized spacial score (nSPS) is 16.0. The van der Waals surface area contributed by atoms with Gasteiger partial charge in [0.25, 0.3) is 0 Å². The highest BCUT2D eigenvalue weighted by molar-refractivity contribution is 5.85. The second-order valence-electron chi connectivity index (χ2n) is 10.9. The van der Waals surface area contributed by atoms with Gasteiger partial charge in [-0.1, -0.05) is 50.1 Å². The number of carbonyl (C=O) groups is 3. The lowest BCUT2D eigenvalue weighted by molar-refractivity contribution is -0.255. The first-order valence-electron chi connectivity index (χ1n) is 15.6. The van der Waals surface area contributed by atoms with Crippen LogP contribution in [0.4, 0.5) is 17.6 Å². The highest BCUT2D eigenvalue weighted by Crippen LogP contribution is 2.36. The van der Waals surface area contributed by atoms with Crippen molar-refractivity contribution in [2.45, 2.75) is 83.5 Å². The zero-order valence-electron chi connectivity index (χ0n) is 26.4. The monoisotopic (exact) mass is 650 g/mol. The summed E-state index contributed by atoms with van der Waals surface area (Å²) in [6.45, 7) is 6.93. The van der Waals surface area contributed by atoms with Gasteiger partial charge in [-0.25, -0.2) is 8.78 Å². The molecule has 2 heterocycles. The summed E-state index contributed by atoms with van der Waals surface area (Å²) >= 11 is 0. The summed E-state index contributed by atoms with van der Waals surface area (Å²) in [5.74, 6) is -9.44. The van der Waals surface area contributed by atoms with E-state index in [-0.39, 0.29) is 24.9 Å². The van der Waals surface area contributed by atoms with E-state index in [0.717, 1.165) is 45.3 Å². The number of halogens is 4. The van der Waals surface area contributed by atoms with Gasteiger partial charge in [-0.2, -0.15) is 8.78 Å². The number of hydrogen-bond donors (Lipinski definition) is 0. The zero-order valence-corrected chi connectivity index (χ0v) is 26.4. The molecule has 1 aromatic carbocycles. The third-order valence-electron chi connectivity index (χ3n) is 7.18. The fourth-order valence-electron chi connectivity index (χ4n) is 4.20. The number of carbonyl (C=O) groups excluding carboxylic acids is 3. The van der Waals surface area contributed by atoms with Crippen LogP contribution in [0, 0.1) is 5.92 Å². The Balaban J connectivity index is 0.000000360. The van der Waals surface area contributed by atoms with Gasteiger partial charge in [0.2, 0.25) is 0 Å². The summed E-state index contributed by atoms with van der Waals surface area (Å²) in [6.07, 6.45) is 5.93. The number of morpholine rings is 1. The van der Waals surface area contributed by atoms with E-state index in [0.29, 0.717) is 51.8 Å². The molecule has 0 unspecified atom stereocenters. The molecule has 0 aliphatic carbocycles. The number of ether oxygens (including phenoxy) is 4. The number of benzene rings is 1. The van der Waals surface area contributed by atoms with Crippen molar-refractivity contribution in [1.29, 1.82) is 0 Å². The van der Waals surface area contributed by atoms with Crippen molar-refractivity contribution >= 4 is 17.9 Å². The van der Waals surface area contributed by atoms with E-state index in [1.807, 2.05) is 4.90 Å². The van der Waals surface area contributed by atoms with Gasteiger partial charge >= 0.3 is 23.8 Å². The number of nitrogens with zero attached hydrogens (tertiary/aromatic N) is 1. The SMILES string of the molecule is CC(F)(F)C(F)(F)CCOC(=O)CCN1CCOCC1.CCCCCOC(=O)CCC1CCOCC1.O=C([O-])c1ccccc1. The van der Waals surface area contributed by atoms with E-state index in [1.165, 1.54) is 18.6 Å². The molecular formula is C32H48F4NO8-. The predicted molar refractivity (Wildman–Crippen MR) is 157 cm³/mol. The number of hydrogen-bond acceptors (Lipinski definition) is 9. The molecule has 1 aromatic rings. The summed E-state index contributed by atoms with van der Waals surface area (Å²) in [5, 5.41) is 10.1. The highest BCUT2D eigenvalue weighted by atomic mass is 19.3. The molecule has 13 heteroatoms. The standard InChI is InChI=1S/C13H24O3.C12H19F4NO3.C7H6O2/c1-2-3-4-9-16-13(14)6-5-12-7-10-15-11-8-12;1-11(13,14)12(15,16)3-7-20-10(18)2-4-17-5-8-19-9-6-17;8-7(9)6-4-2-1-3-5-6/h12H,2-11H2,1H3;2-9H2,1H3;1-5H,(H,8,9)/p-1. The largest absolute Gasteiger partial charge is 0.545 e. The fraction of sp³-hybridized carbons (Fsp3) is 0.719. The second kappa shape index (κ2) is 22.7. The number of carboxylic acids is 1. The smallest absolute Gasteiger partial charge is 0.313 e.